The average Bonchev–Trinajstić information content (AvgIpc) is 2.20. The summed E-state index contributed by atoms with van der Waals surface area (Å²) >= 11 is 0. The van der Waals surface area contributed by atoms with Crippen LogP contribution in [0.25, 0.3) is 0 Å². The molecule has 0 aromatic heterocycles. The molecule has 1 atom stereocenters. The molecule has 0 amide bonds. The number of carbonyl (C=O) groups is 1. The molecule has 3 nitrogen and oxygen atoms in total. The van der Waals surface area contributed by atoms with Gasteiger partial charge in [0.25, 0.3) is 0 Å². The number of nitrogen functional groups attached to an aromatic ring is 1. The topological polar surface area (TPSA) is 55.1 Å². The lowest BCUT2D eigenvalue weighted by molar-refractivity contribution is -0.115. The first-order chi connectivity index (χ1) is 7.65. The number of allylic oxidation sites excluding steroid dienone is 2. The first-order valence-electron chi connectivity index (χ1n) is 5.50. The van der Waals surface area contributed by atoms with Crippen LogP contribution >= 0.6 is 0 Å². The number of anilines is 2. The number of nitrogens with one attached hydrogen (secondary N) is 1. The third-order valence-corrected chi connectivity index (χ3v) is 2.71. The highest BCUT2D eigenvalue weighted by Crippen LogP contribution is 2.25. The Labute approximate surface area is 95.3 Å². The summed E-state index contributed by atoms with van der Waals surface area (Å²) in [7, 11) is 0. The summed E-state index contributed by atoms with van der Waals surface area (Å²) in [6.07, 6.45) is 3.24. The smallest absolute Gasteiger partial charge is 0.157 e. The first-order valence-corrected chi connectivity index (χ1v) is 5.50. The summed E-state index contributed by atoms with van der Waals surface area (Å²) in [6.45, 7) is 2.08. The van der Waals surface area contributed by atoms with E-state index in [0.717, 1.165) is 17.8 Å². The minimum atomic E-state index is 0.191. The van der Waals surface area contributed by atoms with Gasteiger partial charge in [-0.3, -0.25) is 4.79 Å². The lowest BCUT2D eigenvalue weighted by Gasteiger charge is -2.20. The van der Waals surface area contributed by atoms with Crippen molar-refractivity contribution in [2.45, 2.75) is 19.8 Å². The van der Waals surface area contributed by atoms with E-state index in [2.05, 4.69) is 12.2 Å². The number of rotatable bonds is 2. The molecule has 0 bridgehead atoms. The van der Waals surface area contributed by atoms with Gasteiger partial charge in [-0.15, -0.1) is 0 Å². The van der Waals surface area contributed by atoms with Crippen LogP contribution in [0.1, 0.15) is 19.8 Å². The maximum Gasteiger partial charge on any atom is 0.157 e. The number of para-hydroxylation sites is 2. The monoisotopic (exact) mass is 216 g/mol. The molecule has 1 unspecified atom stereocenters. The van der Waals surface area contributed by atoms with E-state index < -0.39 is 0 Å². The van der Waals surface area contributed by atoms with Crippen molar-refractivity contribution in [3.8, 4) is 0 Å². The second-order valence-electron chi connectivity index (χ2n) is 4.36. The Morgan fingerprint density at radius 2 is 2.06 bits per heavy atom. The molecule has 1 aliphatic rings. The second kappa shape index (κ2) is 4.39. The lowest BCUT2D eigenvalue weighted by atomic mass is 9.93. The van der Waals surface area contributed by atoms with Gasteiger partial charge in [-0.25, -0.2) is 0 Å². The maximum atomic E-state index is 11.4. The zero-order valence-electron chi connectivity index (χ0n) is 9.36. The van der Waals surface area contributed by atoms with E-state index in [1.807, 2.05) is 24.3 Å². The molecule has 0 fully saturated rings. The summed E-state index contributed by atoms with van der Waals surface area (Å²) in [5, 5.41) is 3.23. The predicted molar refractivity (Wildman–Crippen MR) is 66.0 cm³/mol. The van der Waals surface area contributed by atoms with Crippen LogP contribution in [0.15, 0.2) is 36.0 Å². The van der Waals surface area contributed by atoms with E-state index >= 15 is 0 Å². The minimum Gasteiger partial charge on any atom is -0.397 e. The Kier molecular flexibility index (Phi) is 2.95. The van der Waals surface area contributed by atoms with Crippen LogP contribution in [-0.2, 0) is 4.79 Å². The Hall–Kier alpha value is -1.77. The molecular weight excluding hydrogens is 200 g/mol. The first kappa shape index (κ1) is 10.7. The number of hydrogen-bond acceptors (Lipinski definition) is 3. The highest BCUT2D eigenvalue weighted by atomic mass is 16.1. The van der Waals surface area contributed by atoms with Gasteiger partial charge < -0.3 is 11.1 Å². The molecular formula is C13H16N2O. The third-order valence-electron chi connectivity index (χ3n) is 2.71. The van der Waals surface area contributed by atoms with Crippen molar-refractivity contribution in [2.75, 3.05) is 11.1 Å². The molecule has 0 saturated carbocycles. The number of carbonyl (C=O) groups excluding carboxylic acids is 1. The molecule has 0 saturated heterocycles. The fourth-order valence-corrected chi connectivity index (χ4v) is 1.97. The number of hydrogen-bond donors (Lipinski definition) is 2. The van der Waals surface area contributed by atoms with Crippen LogP contribution in [-0.4, -0.2) is 5.78 Å². The largest absolute Gasteiger partial charge is 0.397 e. The molecule has 0 spiro atoms. The van der Waals surface area contributed by atoms with Gasteiger partial charge in [0.1, 0.15) is 0 Å². The van der Waals surface area contributed by atoms with Crippen LogP contribution in [0.5, 0.6) is 0 Å². The molecule has 0 radical (unpaired) electrons. The maximum absolute atomic E-state index is 11.4. The van der Waals surface area contributed by atoms with Crippen LogP contribution in [0, 0.1) is 5.92 Å². The van der Waals surface area contributed by atoms with Gasteiger partial charge in [0, 0.05) is 18.2 Å². The molecule has 0 heterocycles. The summed E-state index contributed by atoms with van der Waals surface area (Å²) in [5.41, 5.74) is 8.37. The standard InChI is InChI=1S/C13H16N2O/c1-9-6-10(8-11(16)7-9)15-13-5-3-2-4-12(13)14/h2-5,8-9,15H,6-7,14H2,1H3. The van der Waals surface area contributed by atoms with Crippen LogP contribution in [0.2, 0.25) is 0 Å². The molecule has 2 rings (SSSR count). The second-order valence-corrected chi connectivity index (χ2v) is 4.36. The fourth-order valence-electron chi connectivity index (χ4n) is 1.97. The molecule has 84 valence electrons. The van der Waals surface area contributed by atoms with Crippen molar-refractivity contribution < 1.29 is 4.79 Å². The van der Waals surface area contributed by atoms with Crippen LogP contribution in [0.3, 0.4) is 0 Å². The van der Waals surface area contributed by atoms with Crippen molar-refractivity contribution in [3.05, 3.63) is 36.0 Å². The van der Waals surface area contributed by atoms with Gasteiger partial charge >= 0.3 is 0 Å². The van der Waals surface area contributed by atoms with Crippen molar-refractivity contribution in [1.29, 1.82) is 0 Å². The molecule has 1 aromatic carbocycles. The molecule has 0 aliphatic heterocycles. The van der Waals surface area contributed by atoms with Gasteiger partial charge in [-0.1, -0.05) is 19.1 Å². The summed E-state index contributed by atoms with van der Waals surface area (Å²) < 4.78 is 0. The van der Waals surface area contributed by atoms with E-state index in [-0.39, 0.29) is 5.78 Å². The molecule has 3 N–H and O–H groups in total. The van der Waals surface area contributed by atoms with Crippen molar-refractivity contribution >= 4 is 17.2 Å². The minimum absolute atomic E-state index is 0.191. The Morgan fingerprint density at radius 1 is 1.31 bits per heavy atom. The van der Waals surface area contributed by atoms with Crippen LogP contribution < -0.4 is 11.1 Å². The predicted octanol–water partition coefficient (Wildman–Crippen LogP) is 2.56. The highest BCUT2D eigenvalue weighted by molar-refractivity contribution is 5.92. The SMILES string of the molecule is CC1CC(=O)C=C(Nc2ccccc2N)C1. The van der Waals surface area contributed by atoms with Crippen molar-refractivity contribution in [2.24, 2.45) is 5.92 Å². The van der Waals surface area contributed by atoms with Gasteiger partial charge in [-0.05, 0) is 24.5 Å². The van der Waals surface area contributed by atoms with Gasteiger partial charge in [0.2, 0.25) is 0 Å². The zero-order valence-corrected chi connectivity index (χ0v) is 9.36. The quantitative estimate of drug-likeness (QED) is 0.747. The number of nitrogens with two attached hydrogens (primary N) is 1. The van der Waals surface area contributed by atoms with E-state index in [9.17, 15) is 4.79 Å². The molecule has 1 aromatic rings. The van der Waals surface area contributed by atoms with Gasteiger partial charge in [-0.2, -0.15) is 0 Å². The molecule has 1 aliphatic carbocycles. The average molecular weight is 216 g/mol. The van der Waals surface area contributed by atoms with E-state index in [1.54, 1.807) is 6.08 Å². The van der Waals surface area contributed by atoms with E-state index in [1.165, 1.54) is 0 Å². The molecule has 16 heavy (non-hydrogen) atoms. The van der Waals surface area contributed by atoms with E-state index in [0.29, 0.717) is 18.0 Å². The highest BCUT2D eigenvalue weighted by Gasteiger charge is 2.17. The summed E-state index contributed by atoms with van der Waals surface area (Å²) in [5.74, 6) is 0.598. The third kappa shape index (κ3) is 2.42. The normalized spacial score (nSPS) is 20.4. The van der Waals surface area contributed by atoms with Gasteiger partial charge in [0.05, 0.1) is 11.4 Å². The Morgan fingerprint density at radius 3 is 2.75 bits per heavy atom. The van der Waals surface area contributed by atoms with Gasteiger partial charge in [0.15, 0.2) is 5.78 Å². The molecule has 3 heteroatoms. The Bertz CT molecular complexity index is 437. The Balaban J connectivity index is 2.16. The summed E-state index contributed by atoms with van der Waals surface area (Å²) in [6, 6.07) is 7.58. The van der Waals surface area contributed by atoms with Crippen molar-refractivity contribution in [3.63, 3.8) is 0 Å². The van der Waals surface area contributed by atoms with Crippen LogP contribution in [0.4, 0.5) is 11.4 Å². The number of ketones is 1. The summed E-state index contributed by atoms with van der Waals surface area (Å²) in [4.78, 5) is 11.4. The van der Waals surface area contributed by atoms with E-state index in [4.69, 9.17) is 5.73 Å². The zero-order chi connectivity index (χ0) is 11.5. The fraction of sp³-hybridized carbons (Fsp3) is 0.308. The number of benzene rings is 1. The lowest BCUT2D eigenvalue weighted by Crippen LogP contribution is -2.16. The van der Waals surface area contributed by atoms with Crippen molar-refractivity contribution in [1.82, 2.24) is 0 Å².